The van der Waals surface area contributed by atoms with Crippen LogP contribution >= 0.6 is 0 Å². The van der Waals surface area contributed by atoms with E-state index in [1.165, 1.54) is 0 Å². The number of nitrogens with two attached hydrogens (primary N) is 2. The van der Waals surface area contributed by atoms with Crippen LogP contribution in [0.15, 0.2) is 0 Å². The molecule has 9 heavy (non-hydrogen) atoms. The molecule has 2 atom stereocenters. The van der Waals surface area contributed by atoms with Crippen LogP contribution < -0.4 is 17.6 Å². The third kappa shape index (κ3) is 3.46. The number of hydrogen-bond donors (Lipinski definition) is 3. The lowest BCUT2D eigenvalue weighted by Crippen LogP contribution is -2.50. The summed E-state index contributed by atoms with van der Waals surface area (Å²) in [6.07, 6.45) is 0.935. The highest BCUT2D eigenvalue weighted by molar-refractivity contribution is 4.84. The Hall–Kier alpha value is -0.120. The topological polar surface area (TPSA) is 87.0 Å². The highest BCUT2D eigenvalue weighted by Crippen LogP contribution is 2.06. The van der Waals surface area contributed by atoms with Crippen molar-refractivity contribution in [3.63, 3.8) is 0 Å². The minimum atomic E-state index is -0.181. The Morgan fingerprint density at radius 1 is 1.56 bits per heavy atom. The van der Waals surface area contributed by atoms with Crippen LogP contribution in [0, 0.1) is 0 Å². The standard InChI is InChI=1S/C6H16N2.H3N/c1-4-6(3,8)5(2)7;/h5H,4,7-8H2,1-3H3;1H3. The molecule has 0 bridgehead atoms. The minimum Gasteiger partial charge on any atom is -0.344 e. The van der Waals surface area contributed by atoms with E-state index in [1.807, 2.05) is 20.8 Å². The second kappa shape index (κ2) is 3.82. The van der Waals surface area contributed by atoms with Gasteiger partial charge in [-0.15, -0.1) is 0 Å². The molecule has 0 spiro atoms. The van der Waals surface area contributed by atoms with E-state index >= 15 is 0 Å². The molecule has 0 radical (unpaired) electrons. The van der Waals surface area contributed by atoms with Crippen molar-refractivity contribution >= 4 is 0 Å². The zero-order valence-electron chi connectivity index (χ0n) is 6.65. The van der Waals surface area contributed by atoms with E-state index in [0.29, 0.717) is 0 Å². The zero-order chi connectivity index (χ0) is 6.78. The van der Waals surface area contributed by atoms with E-state index in [4.69, 9.17) is 11.5 Å². The summed E-state index contributed by atoms with van der Waals surface area (Å²) in [4.78, 5) is 0. The van der Waals surface area contributed by atoms with Crippen molar-refractivity contribution in [1.82, 2.24) is 6.15 Å². The minimum absolute atomic E-state index is 0. The van der Waals surface area contributed by atoms with Crippen molar-refractivity contribution in [2.45, 2.75) is 38.8 Å². The zero-order valence-corrected chi connectivity index (χ0v) is 6.65. The van der Waals surface area contributed by atoms with E-state index in [0.717, 1.165) is 6.42 Å². The molecule has 7 N–H and O–H groups in total. The van der Waals surface area contributed by atoms with Crippen LogP contribution in [0.5, 0.6) is 0 Å². The van der Waals surface area contributed by atoms with Gasteiger partial charge in [-0.1, -0.05) is 6.92 Å². The number of hydrogen-bond acceptors (Lipinski definition) is 3. The van der Waals surface area contributed by atoms with Gasteiger partial charge in [-0.05, 0) is 20.3 Å². The maximum absolute atomic E-state index is 5.73. The molecule has 0 heterocycles. The predicted molar refractivity (Wildman–Crippen MR) is 41.6 cm³/mol. The Morgan fingerprint density at radius 2 is 1.89 bits per heavy atom. The molecule has 3 nitrogen and oxygen atoms in total. The lowest BCUT2D eigenvalue weighted by Gasteiger charge is -2.26. The summed E-state index contributed by atoms with van der Waals surface area (Å²) in [6, 6.07) is 0.0903. The Bertz CT molecular complexity index is 68.7. The molecular formula is C6H19N3. The van der Waals surface area contributed by atoms with Gasteiger partial charge >= 0.3 is 0 Å². The monoisotopic (exact) mass is 133 g/mol. The lowest BCUT2D eigenvalue weighted by molar-refractivity contribution is 0.382. The average Bonchev–Trinajstić information content (AvgIpc) is 1.67. The Morgan fingerprint density at radius 3 is 1.89 bits per heavy atom. The van der Waals surface area contributed by atoms with Crippen LogP contribution in [0.4, 0.5) is 0 Å². The van der Waals surface area contributed by atoms with Crippen molar-refractivity contribution < 1.29 is 0 Å². The van der Waals surface area contributed by atoms with Gasteiger partial charge < -0.3 is 17.6 Å². The number of rotatable bonds is 2. The van der Waals surface area contributed by atoms with Crippen molar-refractivity contribution in [2.24, 2.45) is 11.5 Å². The third-order valence-corrected chi connectivity index (χ3v) is 1.80. The largest absolute Gasteiger partial charge is 0.344 e. The van der Waals surface area contributed by atoms with E-state index in [-0.39, 0.29) is 17.7 Å². The van der Waals surface area contributed by atoms with Gasteiger partial charge in [-0.3, -0.25) is 0 Å². The molecule has 0 aliphatic rings. The Kier molecular flexibility index (Phi) is 4.95. The fraction of sp³-hybridized carbons (Fsp3) is 1.00. The van der Waals surface area contributed by atoms with Gasteiger partial charge in [-0.2, -0.15) is 0 Å². The van der Waals surface area contributed by atoms with Gasteiger partial charge in [0, 0.05) is 11.6 Å². The van der Waals surface area contributed by atoms with Gasteiger partial charge in [0.2, 0.25) is 0 Å². The second-order valence-corrected chi connectivity index (χ2v) is 2.65. The first-order valence-electron chi connectivity index (χ1n) is 3.05. The van der Waals surface area contributed by atoms with Crippen molar-refractivity contribution in [3.05, 3.63) is 0 Å². The molecule has 0 saturated heterocycles. The molecule has 0 amide bonds. The SMILES string of the molecule is CCC(C)(N)C(C)N.N. The van der Waals surface area contributed by atoms with Crippen molar-refractivity contribution in [3.8, 4) is 0 Å². The van der Waals surface area contributed by atoms with Crippen LogP contribution in [-0.2, 0) is 0 Å². The molecule has 0 aromatic rings. The summed E-state index contributed by atoms with van der Waals surface area (Å²) in [5, 5.41) is 0. The molecule has 0 aliphatic heterocycles. The Labute approximate surface area is 57.4 Å². The quantitative estimate of drug-likeness (QED) is 0.516. The first-order valence-corrected chi connectivity index (χ1v) is 3.05. The van der Waals surface area contributed by atoms with Crippen LogP contribution in [0.25, 0.3) is 0 Å². The van der Waals surface area contributed by atoms with Gasteiger partial charge in [-0.25, -0.2) is 0 Å². The molecule has 2 unspecified atom stereocenters. The molecule has 0 rings (SSSR count). The summed E-state index contributed by atoms with van der Waals surface area (Å²) < 4.78 is 0. The molecule has 0 aliphatic carbocycles. The lowest BCUT2D eigenvalue weighted by atomic mass is 9.93. The Balaban J connectivity index is 0. The highest BCUT2D eigenvalue weighted by Gasteiger charge is 2.19. The average molecular weight is 133 g/mol. The van der Waals surface area contributed by atoms with Gasteiger partial charge in [0.1, 0.15) is 0 Å². The van der Waals surface area contributed by atoms with Crippen molar-refractivity contribution in [2.75, 3.05) is 0 Å². The smallest absolute Gasteiger partial charge is 0.0273 e. The van der Waals surface area contributed by atoms with Crippen LogP contribution in [-0.4, -0.2) is 11.6 Å². The fourth-order valence-corrected chi connectivity index (χ4v) is 0.322. The fourth-order valence-electron chi connectivity index (χ4n) is 0.322. The molecule has 0 fully saturated rings. The normalized spacial score (nSPS) is 19.7. The van der Waals surface area contributed by atoms with Crippen LogP contribution in [0.1, 0.15) is 27.2 Å². The summed E-state index contributed by atoms with van der Waals surface area (Å²) in [6.45, 7) is 5.95. The molecule has 3 heteroatoms. The van der Waals surface area contributed by atoms with Gasteiger partial charge in [0.05, 0.1) is 0 Å². The summed E-state index contributed by atoms with van der Waals surface area (Å²) in [7, 11) is 0. The highest BCUT2D eigenvalue weighted by atomic mass is 14.8. The third-order valence-electron chi connectivity index (χ3n) is 1.80. The van der Waals surface area contributed by atoms with Gasteiger partial charge in [0.25, 0.3) is 0 Å². The maximum Gasteiger partial charge on any atom is 0.0273 e. The maximum atomic E-state index is 5.73. The summed E-state index contributed by atoms with van der Waals surface area (Å²) in [5.74, 6) is 0. The summed E-state index contributed by atoms with van der Waals surface area (Å²) >= 11 is 0. The van der Waals surface area contributed by atoms with Crippen LogP contribution in [0.3, 0.4) is 0 Å². The predicted octanol–water partition coefficient (Wildman–Crippen LogP) is 0.623. The summed E-state index contributed by atoms with van der Waals surface area (Å²) in [5.41, 5.74) is 11.1. The first kappa shape index (κ1) is 11.6. The van der Waals surface area contributed by atoms with Gasteiger partial charge in [0.15, 0.2) is 0 Å². The van der Waals surface area contributed by atoms with Crippen LogP contribution in [0.2, 0.25) is 0 Å². The van der Waals surface area contributed by atoms with E-state index in [2.05, 4.69) is 0 Å². The molecule has 0 aromatic heterocycles. The first-order chi connectivity index (χ1) is 3.50. The van der Waals surface area contributed by atoms with E-state index in [9.17, 15) is 0 Å². The molecule has 0 aromatic carbocycles. The second-order valence-electron chi connectivity index (χ2n) is 2.65. The molecule has 0 saturated carbocycles. The molecular weight excluding hydrogens is 114 g/mol. The van der Waals surface area contributed by atoms with Crippen molar-refractivity contribution in [1.29, 1.82) is 0 Å². The molecule has 58 valence electrons. The van der Waals surface area contributed by atoms with E-state index in [1.54, 1.807) is 0 Å². The van der Waals surface area contributed by atoms with E-state index < -0.39 is 0 Å².